The van der Waals surface area contributed by atoms with Gasteiger partial charge >= 0.3 is 5.97 Å². The number of hydrogen-bond donors (Lipinski definition) is 1. The van der Waals surface area contributed by atoms with E-state index in [2.05, 4.69) is 16.4 Å². The summed E-state index contributed by atoms with van der Waals surface area (Å²) >= 11 is 0. The minimum Gasteiger partial charge on any atom is -0.452 e. The van der Waals surface area contributed by atoms with Crippen LogP contribution < -0.4 is 5.32 Å². The van der Waals surface area contributed by atoms with Gasteiger partial charge in [0.25, 0.3) is 5.91 Å². The zero-order valence-electron chi connectivity index (χ0n) is 12.6. The highest BCUT2D eigenvalue weighted by Crippen LogP contribution is 2.27. The topological polar surface area (TPSA) is 92.1 Å². The highest BCUT2D eigenvalue weighted by atomic mass is 16.5. The molecule has 0 aromatic carbocycles. The van der Waals surface area contributed by atoms with Gasteiger partial charge in [0.1, 0.15) is 5.54 Å². The molecule has 1 amide bonds. The summed E-state index contributed by atoms with van der Waals surface area (Å²) in [4.78, 5) is 27.7. The maximum atomic E-state index is 11.9. The van der Waals surface area contributed by atoms with Crippen molar-refractivity contribution in [1.82, 2.24) is 10.3 Å². The van der Waals surface area contributed by atoms with Gasteiger partial charge in [-0.15, -0.1) is 0 Å². The lowest BCUT2D eigenvalue weighted by molar-refractivity contribution is -0.125. The van der Waals surface area contributed by atoms with Crippen molar-refractivity contribution in [2.45, 2.75) is 44.6 Å². The number of nitriles is 1. The van der Waals surface area contributed by atoms with Crippen LogP contribution in [0.4, 0.5) is 0 Å². The van der Waals surface area contributed by atoms with Crippen molar-refractivity contribution in [3.8, 4) is 6.07 Å². The summed E-state index contributed by atoms with van der Waals surface area (Å²) in [6.45, 7) is 1.42. The Kier molecular flexibility index (Phi) is 5.10. The standard InChI is InChI=1S/C16H19N3O3/c1-12-5-6-13(9-18-12)15(21)22-10-14(20)19-16(11-17)7-3-2-4-8-16/h5-6,9H,2-4,7-8,10H2,1H3,(H,19,20). The van der Waals surface area contributed by atoms with Crippen LogP contribution in [-0.2, 0) is 9.53 Å². The van der Waals surface area contributed by atoms with Crippen LogP contribution >= 0.6 is 0 Å². The van der Waals surface area contributed by atoms with Crippen LogP contribution in [0.3, 0.4) is 0 Å². The molecule has 0 saturated heterocycles. The van der Waals surface area contributed by atoms with Gasteiger partial charge in [-0.1, -0.05) is 19.3 Å². The number of nitrogens with one attached hydrogen (secondary N) is 1. The molecule has 6 nitrogen and oxygen atoms in total. The van der Waals surface area contributed by atoms with Gasteiger partial charge in [0, 0.05) is 11.9 Å². The number of hydrogen-bond acceptors (Lipinski definition) is 5. The van der Waals surface area contributed by atoms with Gasteiger partial charge in [-0.05, 0) is 31.9 Å². The third kappa shape index (κ3) is 4.04. The monoisotopic (exact) mass is 301 g/mol. The number of aryl methyl sites for hydroxylation is 1. The Labute approximate surface area is 129 Å². The molecule has 1 aliphatic rings. The van der Waals surface area contributed by atoms with E-state index in [0.29, 0.717) is 18.4 Å². The molecule has 1 saturated carbocycles. The minimum atomic E-state index is -0.812. The first-order chi connectivity index (χ1) is 10.5. The van der Waals surface area contributed by atoms with Crippen LogP contribution in [0.2, 0.25) is 0 Å². The lowest BCUT2D eigenvalue weighted by atomic mass is 9.83. The van der Waals surface area contributed by atoms with Crippen molar-refractivity contribution in [2.75, 3.05) is 6.61 Å². The molecule has 2 rings (SSSR count). The van der Waals surface area contributed by atoms with E-state index in [1.807, 2.05) is 6.92 Å². The number of carbonyl (C=O) groups is 2. The summed E-state index contributed by atoms with van der Waals surface area (Å²) in [6.07, 6.45) is 5.61. The van der Waals surface area contributed by atoms with E-state index in [0.717, 1.165) is 25.0 Å². The number of amides is 1. The molecule has 0 bridgehead atoms. The summed E-state index contributed by atoms with van der Waals surface area (Å²) in [5, 5.41) is 12.0. The molecular formula is C16H19N3O3. The van der Waals surface area contributed by atoms with E-state index >= 15 is 0 Å². The zero-order valence-corrected chi connectivity index (χ0v) is 12.6. The molecule has 1 aliphatic carbocycles. The van der Waals surface area contributed by atoms with Gasteiger partial charge in [-0.2, -0.15) is 5.26 Å². The number of nitrogens with zero attached hydrogens (tertiary/aromatic N) is 2. The van der Waals surface area contributed by atoms with Crippen LogP contribution in [0.25, 0.3) is 0 Å². The Bertz CT molecular complexity index is 584. The minimum absolute atomic E-state index is 0.297. The van der Waals surface area contributed by atoms with Gasteiger partial charge < -0.3 is 10.1 Å². The zero-order chi connectivity index (χ0) is 16.0. The Morgan fingerprint density at radius 3 is 2.68 bits per heavy atom. The first kappa shape index (κ1) is 16.0. The molecule has 0 atom stereocenters. The van der Waals surface area contributed by atoms with Gasteiger partial charge in [-0.3, -0.25) is 9.78 Å². The summed E-state index contributed by atoms with van der Waals surface area (Å²) in [6, 6.07) is 5.49. The molecule has 0 spiro atoms. The van der Waals surface area contributed by atoms with Crippen molar-refractivity contribution in [2.24, 2.45) is 0 Å². The maximum absolute atomic E-state index is 11.9. The summed E-state index contributed by atoms with van der Waals surface area (Å²) in [7, 11) is 0. The van der Waals surface area contributed by atoms with Gasteiger partial charge in [0.05, 0.1) is 11.6 Å². The number of ether oxygens (including phenoxy) is 1. The highest BCUT2D eigenvalue weighted by Gasteiger charge is 2.33. The van der Waals surface area contributed by atoms with Crippen LogP contribution in [0.1, 0.15) is 48.2 Å². The number of pyridine rings is 1. The first-order valence-corrected chi connectivity index (χ1v) is 7.37. The summed E-state index contributed by atoms with van der Waals surface area (Å²) in [5.41, 5.74) is 0.279. The van der Waals surface area contributed by atoms with Crippen LogP contribution in [0.15, 0.2) is 18.3 Å². The molecule has 0 radical (unpaired) electrons. The normalized spacial score (nSPS) is 16.4. The highest BCUT2D eigenvalue weighted by molar-refractivity contribution is 5.91. The van der Waals surface area contributed by atoms with Crippen molar-refractivity contribution < 1.29 is 14.3 Å². The number of carbonyl (C=O) groups excluding carboxylic acids is 2. The molecular weight excluding hydrogens is 282 g/mol. The third-order valence-electron chi connectivity index (χ3n) is 3.78. The van der Waals surface area contributed by atoms with Gasteiger partial charge in [-0.25, -0.2) is 4.79 Å². The molecule has 6 heteroatoms. The summed E-state index contributed by atoms with van der Waals surface area (Å²) in [5.74, 6) is -1.05. The molecule has 0 aliphatic heterocycles. The molecule has 1 N–H and O–H groups in total. The predicted molar refractivity (Wildman–Crippen MR) is 78.8 cm³/mol. The largest absolute Gasteiger partial charge is 0.452 e. The number of rotatable bonds is 4. The van der Waals surface area contributed by atoms with E-state index in [-0.39, 0.29) is 0 Å². The Balaban J connectivity index is 1.86. The maximum Gasteiger partial charge on any atom is 0.340 e. The second-order valence-electron chi connectivity index (χ2n) is 5.57. The van der Waals surface area contributed by atoms with E-state index < -0.39 is 24.0 Å². The Morgan fingerprint density at radius 1 is 1.36 bits per heavy atom. The molecule has 1 fully saturated rings. The Morgan fingerprint density at radius 2 is 2.09 bits per heavy atom. The molecule has 0 unspecified atom stereocenters. The van der Waals surface area contributed by atoms with E-state index in [9.17, 15) is 14.9 Å². The quantitative estimate of drug-likeness (QED) is 0.857. The average molecular weight is 301 g/mol. The van der Waals surface area contributed by atoms with E-state index in [1.165, 1.54) is 6.20 Å². The predicted octanol–water partition coefficient (Wildman–Crippen LogP) is 1.89. The van der Waals surface area contributed by atoms with Crippen LogP contribution in [0, 0.1) is 18.3 Å². The fourth-order valence-electron chi connectivity index (χ4n) is 2.53. The van der Waals surface area contributed by atoms with Crippen molar-refractivity contribution >= 4 is 11.9 Å². The SMILES string of the molecule is Cc1ccc(C(=O)OCC(=O)NC2(C#N)CCCCC2)cn1. The second-order valence-corrected chi connectivity index (χ2v) is 5.57. The fourth-order valence-corrected chi connectivity index (χ4v) is 2.53. The number of esters is 1. The second kappa shape index (κ2) is 7.03. The smallest absolute Gasteiger partial charge is 0.340 e. The lowest BCUT2D eigenvalue weighted by Gasteiger charge is -2.31. The molecule has 1 heterocycles. The lowest BCUT2D eigenvalue weighted by Crippen LogP contribution is -2.50. The first-order valence-electron chi connectivity index (χ1n) is 7.37. The number of aromatic nitrogens is 1. The molecule has 1 aromatic rings. The molecule has 22 heavy (non-hydrogen) atoms. The van der Waals surface area contributed by atoms with Crippen molar-refractivity contribution in [3.05, 3.63) is 29.6 Å². The molecule has 1 aromatic heterocycles. The van der Waals surface area contributed by atoms with Crippen LogP contribution in [0.5, 0.6) is 0 Å². The van der Waals surface area contributed by atoms with Crippen molar-refractivity contribution in [1.29, 1.82) is 5.26 Å². The van der Waals surface area contributed by atoms with E-state index in [1.54, 1.807) is 12.1 Å². The third-order valence-corrected chi connectivity index (χ3v) is 3.78. The Hall–Kier alpha value is -2.42. The average Bonchev–Trinajstić information content (AvgIpc) is 2.54. The van der Waals surface area contributed by atoms with Gasteiger partial charge in [0.2, 0.25) is 0 Å². The van der Waals surface area contributed by atoms with Crippen LogP contribution in [-0.4, -0.2) is 29.0 Å². The van der Waals surface area contributed by atoms with Gasteiger partial charge in [0.15, 0.2) is 6.61 Å². The summed E-state index contributed by atoms with van der Waals surface area (Å²) < 4.78 is 4.96. The fraction of sp³-hybridized carbons (Fsp3) is 0.500. The van der Waals surface area contributed by atoms with Crippen molar-refractivity contribution in [3.63, 3.8) is 0 Å². The molecule has 116 valence electrons. The van der Waals surface area contributed by atoms with E-state index in [4.69, 9.17) is 4.74 Å².